The van der Waals surface area contributed by atoms with Gasteiger partial charge in [-0.15, -0.1) is 0 Å². The number of anilines is 1. The van der Waals surface area contributed by atoms with E-state index in [-0.39, 0.29) is 11.4 Å². The van der Waals surface area contributed by atoms with Gasteiger partial charge in [-0.25, -0.2) is 0 Å². The Balaban J connectivity index is 2.31. The molecule has 0 atom stereocenters. The summed E-state index contributed by atoms with van der Waals surface area (Å²) in [4.78, 5) is 0. The molecule has 2 N–H and O–H groups in total. The summed E-state index contributed by atoms with van der Waals surface area (Å²) in [7, 11) is 0. The molecule has 0 radical (unpaired) electrons. The second kappa shape index (κ2) is 5.90. The lowest BCUT2D eigenvalue weighted by atomic mass is 10.1. The molecule has 122 valence electrons. The maximum absolute atomic E-state index is 12.7. The van der Waals surface area contributed by atoms with Gasteiger partial charge in [-0.2, -0.15) is 36.6 Å². The van der Waals surface area contributed by atoms with Crippen molar-refractivity contribution >= 4 is 17.1 Å². The summed E-state index contributed by atoms with van der Waals surface area (Å²) >= 11 is 0. The zero-order valence-corrected chi connectivity index (χ0v) is 11.3. The molecule has 2 aromatic carbocycles. The standard InChI is InChI=1S/C14H9F6N3/c15-13(16,17)8-2-1-3-9(6-8)22-23-10-4-5-12(21)11(7-10)14(18,19)20/h1-7H,21H2. The lowest BCUT2D eigenvalue weighted by molar-refractivity contribution is -0.138. The maximum Gasteiger partial charge on any atom is 0.418 e. The van der Waals surface area contributed by atoms with E-state index in [4.69, 9.17) is 5.73 Å². The molecule has 0 heterocycles. The fraction of sp³-hybridized carbons (Fsp3) is 0.143. The van der Waals surface area contributed by atoms with Crippen LogP contribution in [0.3, 0.4) is 0 Å². The molecule has 0 spiro atoms. The normalized spacial score (nSPS) is 12.8. The molecule has 0 saturated carbocycles. The Kier molecular flexibility index (Phi) is 4.31. The van der Waals surface area contributed by atoms with Crippen LogP contribution in [-0.2, 0) is 12.4 Å². The van der Waals surface area contributed by atoms with E-state index < -0.39 is 29.2 Å². The predicted octanol–water partition coefficient (Wildman–Crippen LogP) is 5.72. The monoisotopic (exact) mass is 333 g/mol. The van der Waals surface area contributed by atoms with Gasteiger partial charge >= 0.3 is 12.4 Å². The highest BCUT2D eigenvalue weighted by atomic mass is 19.4. The van der Waals surface area contributed by atoms with Gasteiger partial charge in [-0.1, -0.05) is 6.07 Å². The molecule has 0 aliphatic carbocycles. The first-order valence-electron chi connectivity index (χ1n) is 6.13. The third-order valence-electron chi connectivity index (χ3n) is 2.80. The molecule has 0 amide bonds. The van der Waals surface area contributed by atoms with Gasteiger partial charge in [0.2, 0.25) is 0 Å². The van der Waals surface area contributed by atoms with E-state index in [1.807, 2.05) is 0 Å². The maximum atomic E-state index is 12.7. The minimum absolute atomic E-state index is 0.134. The first-order valence-corrected chi connectivity index (χ1v) is 6.13. The van der Waals surface area contributed by atoms with Crippen molar-refractivity contribution in [2.45, 2.75) is 12.4 Å². The van der Waals surface area contributed by atoms with Crippen LogP contribution in [0.5, 0.6) is 0 Å². The first kappa shape index (κ1) is 16.8. The summed E-state index contributed by atoms with van der Waals surface area (Å²) < 4.78 is 75.7. The molecule has 0 saturated heterocycles. The van der Waals surface area contributed by atoms with Crippen LogP contribution in [0.4, 0.5) is 43.4 Å². The summed E-state index contributed by atoms with van der Waals surface area (Å²) in [5.74, 6) is 0. The smallest absolute Gasteiger partial charge is 0.398 e. The van der Waals surface area contributed by atoms with Gasteiger partial charge in [-0.3, -0.25) is 0 Å². The molecule has 0 aliphatic rings. The Hall–Kier alpha value is -2.58. The molecule has 0 fully saturated rings. The number of hydrogen-bond acceptors (Lipinski definition) is 3. The van der Waals surface area contributed by atoms with Crippen molar-refractivity contribution in [2.24, 2.45) is 10.2 Å². The van der Waals surface area contributed by atoms with Crippen molar-refractivity contribution < 1.29 is 26.3 Å². The van der Waals surface area contributed by atoms with Gasteiger partial charge in [0.1, 0.15) is 0 Å². The van der Waals surface area contributed by atoms with E-state index in [0.717, 1.165) is 24.3 Å². The Morgan fingerprint density at radius 2 is 1.35 bits per heavy atom. The van der Waals surface area contributed by atoms with Gasteiger partial charge in [0.25, 0.3) is 0 Å². The molecular formula is C14H9F6N3. The highest BCUT2D eigenvalue weighted by molar-refractivity contribution is 5.56. The zero-order valence-electron chi connectivity index (χ0n) is 11.3. The molecule has 0 unspecified atom stereocenters. The molecule has 9 heteroatoms. The van der Waals surface area contributed by atoms with E-state index in [9.17, 15) is 26.3 Å². The first-order chi connectivity index (χ1) is 10.6. The van der Waals surface area contributed by atoms with Crippen LogP contribution in [0, 0.1) is 0 Å². The number of nitrogen functional groups attached to an aromatic ring is 1. The quantitative estimate of drug-likeness (QED) is 0.426. The van der Waals surface area contributed by atoms with Gasteiger partial charge in [0.05, 0.1) is 22.5 Å². The molecule has 0 bridgehead atoms. The van der Waals surface area contributed by atoms with Crippen LogP contribution >= 0.6 is 0 Å². The Morgan fingerprint density at radius 1 is 0.739 bits per heavy atom. The van der Waals surface area contributed by atoms with Crippen molar-refractivity contribution in [3.05, 3.63) is 53.6 Å². The third-order valence-corrected chi connectivity index (χ3v) is 2.80. The molecule has 3 nitrogen and oxygen atoms in total. The van der Waals surface area contributed by atoms with Crippen molar-refractivity contribution in [1.29, 1.82) is 0 Å². The summed E-state index contributed by atoms with van der Waals surface area (Å²) in [6.07, 6.45) is -9.21. The van der Waals surface area contributed by atoms with E-state index in [2.05, 4.69) is 10.2 Å². The van der Waals surface area contributed by atoms with Crippen molar-refractivity contribution in [3.63, 3.8) is 0 Å². The summed E-state index contributed by atoms with van der Waals surface area (Å²) in [6, 6.07) is 6.83. The number of halogens is 6. The average molecular weight is 333 g/mol. The zero-order chi connectivity index (χ0) is 17.3. The number of alkyl halides is 6. The number of nitrogens with two attached hydrogens (primary N) is 1. The van der Waals surface area contributed by atoms with Crippen LogP contribution in [0.1, 0.15) is 11.1 Å². The largest absolute Gasteiger partial charge is 0.418 e. The number of nitrogens with zero attached hydrogens (tertiary/aromatic N) is 2. The molecule has 0 aliphatic heterocycles. The van der Waals surface area contributed by atoms with E-state index in [0.29, 0.717) is 6.07 Å². The summed E-state index contributed by atoms with van der Waals surface area (Å²) in [6.45, 7) is 0. The Bertz CT molecular complexity index is 734. The highest BCUT2D eigenvalue weighted by Crippen LogP contribution is 2.36. The number of rotatable bonds is 2. The fourth-order valence-electron chi connectivity index (χ4n) is 1.71. The van der Waals surface area contributed by atoms with Crippen LogP contribution in [-0.4, -0.2) is 0 Å². The third kappa shape index (κ3) is 4.21. The van der Waals surface area contributed by atoms with Crippen molar-refractivity contribution in [3.8, 4) is 0 Å². The lowest BCUT2D eigenvalue weighted by Gasteiger charge is -2.09. The average Bonchev–Trinajstić information content (AvgIpc) is 2.44. The van der Waals surface area contributed by atoms with Crippen LogP contribution in [0.15, 0.2) is 52.7 Å². The number of benzene rings is 2. The second-order valence-corrected chi connectivity index (χ2v) is 4.52. The van der Waals surface area contributed by atoms with E-state index in [1.165, 1.54) is 12.1 Å². The minimum Gasteiger partial charge on any atom is -0.398 e. The van der Waals surface area contributed by atoms with Crippen LogP contribution in [0.2, 0.25) is 0 Å². The molecular weight excluding hydrogens is 324 g/mol. The fourth-order valence-corrected chi connectivity index (χ4v) is 1.71. The lowest BCUT2D eigenvalue weighted by Crippen LogP contribution is -2.08. The molecule has 23 heavy (non-hydrogen) atoms. The Labute approximate surface area is 126 Å². The van der Waals surface area contributed by atoms with Crippen LogP contribution in [0.25, 0.3) is 0 Å². The number of azo groups is 1. The summed E-state index contributed by atoms with van der Waals surface area (Å²) in [5.41, 5.74) is 2.43. The molecule has 0 aromatic heterocycles. The second-order valence-electron chi connectivity index (χ2n) is 4.52. The van der Waals surface area contributed by atoms with Gasteiger partial charge in [0.15, 0.2) is 0 Å². The summed E-state index contributed by atoms with van der Waals surface area (Å²) in [5, 5.41) is 7.04. The minimum atomic E-state index is -4.66. The SMILES string of the molecule is Nc1ccc(N=Nc2cccc(C(F)(F)F)c2)cc1C(F)(F)F. The molecule has 2 rings (SSSR count). The number of hydrogen-bond donors (Lipinski definition) is 1. The predicted molar refractivity (Wildman–Crippen MR) is 71.5 cm³/mol. The van der Waals surface area contributed by atoms with Crippen molar-refractivity contribution in [1.82, 2.24) is 0 Å². The van der Waals surface area contributed by atoms with E-state index in [1.54, 1.807) is 0 Å². The topological polar surface area (TPSA) is 50.7 Å². The molecule has 2 aromatic rings. The Morgan fingerprint density at radius 3 is 1.91 bits per heavy atom. The van der Waals surface area contributed by atoms with Gasteiger partial charge in [-0.05, 0) is 36.4 Å². The highest BCUT2D eigenvalue weighted by Gasteiger charge is 2.33. The van der Waals surface area contributed by atoms with Crippen LogP contribution < -0.4 is 5.73 Å². The van der Waals surface area contributed by atoms with Crippen molar-refractivity contribution in [2.75, 3.05) is 5.73 Å². The van der Waals surface area contributed by atoms with Gasteiger partial charge in [0, 0.05) is 5.69 Å². The van der Waals surface area contributed by atoms with E-state index >= 15 is 0 Å². The van der Waals surface area contributed by atoms with Gasteiger partial charge < -0.3 is 5.73 Å².